The van der Waals surface area contributed by atoms with Crippen LogP contribution in [0.4, 0.5) is 4.39 Å². The maximum Gasteiger partial charge on any atom is 0.144 e. The van der Waals surface area contributed by atoms with Crippen molar-refractivity contribution in [2.45, 2.75) is 53.4 Å². The summed E-state index contributed by atoms with van der Waals surface area (Å²) < 4.78 is 21.4. The molecule has 2 heterocycles. The van der Waals surface area contributed by atoms with Crippen molar-refractivity contribution in [1.82, 2.24) is 4.98 Å². The monoisotopic (exact) mass is 439 g/mol. The van der Waals surface area contributed by atoms with Crippen molar-refractivity contribution in [1.29, 1.82) is 0 Å². The van der Waals surface area contributed by atoms with Gasteiger partial charge in [0.15, 0.2) is 0 Å². The fraction of sp³-hybridized carbons (Fsp3) is 0.300. The van der Waals surface area contributed by atoms with E-state index in [1.807, 2.05) is 33.0 Å². The number of rotatable bonds is 3. The number of nitrogens with zero attached hydrogens (tertiary/aromatic N) is 1. The Labute approximate surface area is 194 Å². The maximum absolute atomic E-state index is 15.0. The Morgan fingerprint density at radius 2 is 1.73 bits per heavy atom. The van der Waals surface area contributed by atoms with Gasteiger partial charge >= 0.3 is 0 Å². The van der Waals surface area contributed by atoms with Gasteiger partial charge in [0, 0.05) is 27.9 Å². The summed E-state index contributed by atoms with van der Waals surface area (Å²) in [6.07, 6.45) is 2.92. The van der Waals surface area contributed by atoms with E-state index in [2.05, 4.69) is 57.2 Å². The van der Waals surface area contributed by atoms with E-state index in [0.29, 0.717) is 17.1 Å². The van der Waals surface area contributed by atoms with Crippen LogP contribution in [0.2, 0.25) is 0 Å². The largest absolute Gasteiger partial charge is 0.455 e. The summed E-state index contributed by atoms with van der Waals surface area (Å²) in [7, 11) is 0. The molecule has 0 fully saturated rings. The fourth-order valence-electron chi connectivity index (χ4n) is 4.83. The van der Waals surface area contributed by atoms with Gasteiger partial charge < -0.3 is 4.42 Å². The summed E-state index contributed by atoms with van der Waals surface area (Å²) >= 11 is 0. The highest BCUT2D eigenvalue weighted by molar-refractivity contribution is 6.12. The second kappa shape index (κ2) is 7.69. The minimum absolute atomic E-state index is 0.193. The Hall–Kier alpha value is -3.20. The van der Waals surface area contributed by atoms with Crippen molar-refractivity contribution < 1.29 is 8.81 Å². The lowest BCUT2D eigenvalue weighted by Crippen LogP contribution is -2.13. The highest BCUT2D eigenvalue weighted by Crippen LogP contribution is 2.40. The van der Waals surface area contributed by atoms with Crippen molar-refractivity contribution >= 4 is 32.7 Å². The van der Waals surface area contributed by atoms with E-state index in [1.165, 1.54) is 10.9 Å². The molecule has 3 aromatic carbocycles. The Morgan fingerprint density at radius 1 is 0.939 bits per heavy atom. The first-order chi connectivity index (χ1) is 15.6. The van der Waals surface area contributed by atoms with Gasteiger partial charge in [-0.25, -0.2) is 4.39 Å². The summed E-state index contributed by atoms with van der Waals surface area (Å²) in [6.45, 7) is 12.6. The van der Waals surface area contributed by atoms with E-state index in [9.17, 15) is 0 Å². The van der Waals surface area contributed by atoms with E-state index in [-0.39, 0.29) is 11.2 Å². The zero-order valence-corrected chi connectivity index (χ0v) is 20.2. The third kappa shape index (κ3) is 3.80. The van der Waals surface area contributed by atoms with Crippen LogP contribution in [0.15, 0.2) is 59.1 Å². The van der Waals surface area contributed by atoms with Crippen LogP contribution in [0.3, 0.4) is 0 Å². The molecule has 0 bridgehead atoms. The molecule has 0 aliphatic heterocycles. The Balaban J connectivity index is 1.78. The van der Waals surface area contributed by atoms with E-state index < -0.39 is 0 Å². The number of hydrogen-bond donors (Lipinski definition) is 0. The van der Waals surface area contributed by atoms with Crippen LogP contribution in [-0.4, -0.2) is 4.98 Å². The molecule has 0 aliphatic rings. The van der Waals surface area contributed by atoms with Crippen LogP contribution < -0.4 is 0 Å². The molecule has 2 nitrogen and oxygen atoms in total. The van der Waals surface area contributed by atoms with Crippen LogP contribution in [0, 0.1) is 18.7 Å². The molecule has 0 aliphatic carbocycles. The zero-order chi connectivity index (χ0) is 23.5. The second-order valence-electron chi connectivity index (χ2n) is 10.7. The molecule has 2 aromatic heterocycles. The SMILES string of the molecule is Cc1cc(-c2nccc3cc(CC(C)C)ccc23)c2oc3cc(C(C)(C)C)c(F)cc3c2c1. The third-order valence-corrected chi connectivity index (χ3v) is 6.34. The average Bonchev–Trinajstić information content (AvgIpc) is 3.08. The van der Waals surface area contributed by atoms with Gasteiger partial charge in [0.1, 0.15) is 17.0 Å². The average molecular weight is 440 g/mol. The molecule has 0 saturated carbocycles. The summed E-state index contributed by atoms with van der Waals surface area (Å²) in [5.74, 6) is 0.413. The molecule has 0 amide bonds. The molecule has 0 saturated heterocycles. The standard InChI is InChI=1S/C30H30FNO/c1-17(2)11-19-7-8-21-20(14-19)9-10-32-28(21)24-13-18(3)12-23-22-15-26(31)25(30(4,5)6)16-27(22)33-29(23)24/h7-10,12-17H,11H2,1-6H3. The molecule has 0 unspecified atom stereocenters. The highest BCUT2D eigenvalue weighted by Gasteiger charge is 2.23. The highest BCUT2D eigenvalue weighted by atomic mass is 19.1. The molecule has 5 rings (SSSR count). The molecular formula is C30H30FNO. The van der Waals surface area contributed by atoms with Crippen LogP contribution in [0.5, 0.6) is 0 Å². The third-order valence-electron chi connectivity index (χ3n) is 6.34. The van der Waals surface area contributed by atoms with Gasteiger partial charge in [-0.05, 0) is 77.1 Å². The van der Waals surface area contributed by atoms with Crippen molar-refractivity contribution in [2.75, 3.05) is 0 Å². The normalized spacial score (nSPS) is 12.5. The number of fused-ring (bicyclic) bond motifs is 4. The zero-order valence-electron chi connectivity index (χ0n) is 20.2. The Kier molecular flexibility index (Phi) is 5.04. The number of furan rings is 1. The number of aromatic nitrogens is 1. The molecule has 0 radical (unpaired) electrons. The first kappa shape index (κ1) is 21.6. The van der Waals surface area contributed by atoms with Gasteiger partial charge in [-0.3, -0.25) is 4.98 Å². The van der Waals surface area contributed by atoms with Crippen molar-refractivity contribution in [3.8, 4) is 11.3 Å². The lowest BCUT2D eigenvalue weighted by molar-refractivity contribution is 0.522. The molecule has 3 heteroatoms. The van der Waals surface area contributed by atoms with E-state index >= 15 is 4.39 Å². The molecule has 0 N–H and O–H groups in total. The Bertz CT molecular complexity index is 1520. The molecule has 0 spiro atoms. The van der Waals surface area contributed by atoms with Crippen molar-refractivity contribution in [2.24, 2.45) is 5.92 Å². The van der Waals surface area contributed by atoms with Crippen LogP contribution in [0.25, 0.3) is 44.0 Å². The van der Waals surface area contributed by atoms with Crippen LogP contribution in [0.1, 0.15) is 51.3 Å². The molecule has 0 atom stereocenters. The molecule has 33 heavy (non-hydrogen) atoms. The first-order valence-electron chi connectivity index (χ1n) is 11.7. The van der Waals surface area contributed by atoms with Gasteiger partial charge in [0.25, 0.3) is 0 Å². The summed E-state index contributed by atoms with van der Waals surface area (Å²) in [5, 5.41) is 4.00. The van der Waals surface area contributed by atoms with Crippen molar-refractivity contribution in [3.63, 3.8) is 0 Å². The minimum atomic E-state index is -0.305. The van der Waals surface area contributed by atoms with Gasteiger partial charge in [-0.2, -0.15) is 0 Å². The number of aryl methyl sites for hydroxylation is 1. The second-order valence-corrected chi connectivity index (χ2v) is 10.7. The maximum atomic E-state index is 15.0. The number of pyridine rings is 1. The quantitative estimate of drug-likeness (QED) is 0.281. The number of benzene rings is 3. The van der Waals surface area contributed by atoms with E-state index in [1.54, 1.807) is 6.07 Å². The van der Waals surface area contributed by atoms with Crippen molar-refractivity contribution in [3.05, 3.63) is 77.2 Å². The minimum Gasteiger partial charge on any atom is -0.455 e. The predicted octanol–water partition coefficient (Wildman–Crippen LogP) is 8.74. The lowest BCUT2D eigenvalue weighted by Gasteiger charge is -2.19. The summed E-state index contributed by atoms with van der Waals surface area (Å²) in [4.78, 5) is 4.77. The fourth-order valence-corrected chi connectivity index (χ4v) is 4.83. The van der Waals surface area contributed by atoms with Gasteiger partial charge in [-0.1, -0.05) is 52.8 Å². The Morgan fingerprint density at radius 3 is 2.45 bits per heavy atom. The van der Waals surface area contributed by atoms with E-state index in [0.717, 1.165) is 45.0 Å². The van der Waals surface area contributed by atoms with Crippen LogP contribution in [-0.2, 0) is 11.8 Å². The molecule has 5 aromatic rings. The predicted molar refractivity (Wildman–Crippen MR) is 136 cm³/mol. The smallest absolute Gasteiger partial charge is 0.144 e. The van der Waals surface area contributed by atoms with Gasteiger partial charge in [-0.15, -0.1) is 0 Å². The van der Waals surface area contributed by atoms with Gasteiger partial charge in [0.2, 0.25) is 0 Å². The van der Waals surface area contributed by atoms with Gasteiger partial charge in [0.05, 0.1) is 5.69 Å². The lowest BCUT2D eigenvalue weighted by atomic mass is 9.86. The number of hydrogen-bond acceptors (Lipinski definition) is 2. The molecule has 168 valence electrons. The van der Waals surface area contributed by atoms with E-state index in [4.69, 9.17) is 9.40 Å². The summed E-state index contributed by atoms with van der Waals surface area (Å²) in [5.41, 5.74) is 6.09. The van der Waals surface area contributed by atoms with Crippen LogP contribution >= 0.6 is 0 Å². The summed E-state index contributed by atoms with van der Waals surface area (Å²) in [6, 6.07) is 16.4. The first-order valence-corrected chi connectivity index (χ1v) is 11.7. The molecular weight excluding hydrogens is 409 g/mol. The topological polar surface area (TPSA) is 26.0 Å². The number of halogens is 1.